The molecule has 1 saturated heterocycles. The van der Waals surface area contributed by atoms with E-state index in [0.717, 1.165) is 62.1 Å². The SMILES string of the molecule is CN=C(NCc1ccccc1-n1nc(C)cc1C)NC1CCN(CCOC)CC1. The van der Waals surface area contributed by atoms with Crippen molar-refractivity contribution in [2.45, 2.75) is 39.3 Å². The van der Waals surface area contributed by atoms with Crippen molar-refractivity contribution in [1.82, 2.24) is 25.3 Å². The van der Waals surface area contributed by atoms with Crippen molar-refractivity contribution in [2.75, 3.05) is 40.4 Å². The van der Waals surface area contributed by atoms with Crippen molar-refractivity contribution in [3.8, 4) is 5.69 Å². The summed E-state index contributed by atoms with van der Waals surface area (Å²) in [7, 11) is 3.59. The van der Waals surface area contributed by atoms with E-state index >= 15 is 0 Å². The first-order valence-corrected chi connectivity index (χ1v) is 10.4. The zero-order valence-electron chi connectivity index (χ0n) is 18.1. The standard InChI is InChI=1S/C22H34N6O/c1-17-15-18(2)28(26-17)21-8-6-5-7-19(21)16-24-22(23-3)25-20-9-11-27(12-10-20)13-14-29-4/h5-8,15,20H,9-14,16H2,1-4H3,(H2,23,24,25). The lowest BCUT2D eigenvalue weighted by Gasteiger charge is -2.32. The molecular weight excluding hydrogens is 364 g/mol. The van der Waals surface area contributed by atoms with Crippen LogP contribution in [0.25, 0.3) is 5.69 Å². The average Bonchev–Trinajstić information content (AvgIpc) is 3.08. The maximum absolute atomic E-state index is 5.19. The molecule has 158 valence electrons. The first kappa shape index (κ1) is 21.3. The van der Waals surface area contributed by atoms with Crippen LogP contribution < -0.4 is 10.6 Å². The number of aliphatic imine (C=N–C) groups is 1. The second-order valence-corrected chi connectivity index (χ2v) is 7.65. The summed E-state index contributed by atoms with van der Waals surface area (Å²) >= 11 is 0. The highest BCUT2D eigenvalue weighted by Gasteiger charge is 2.19. The molecule has 0 saturated carbocycles. The summed E-state index contributed by atoms with van der Waals surface area (Å²) < 4.78 is 7.20. The first-order chi connectivity index (χ1) is 14.1. The molecule has 7 nitrogen and oxygen atoms in total. The van der Waals surface area contributed by atoms with Gasteiger partial charge in [0, 0.05) is 52.1 Å². The maximum atomic E-state index is 5.19. The number of para-hydroxylation sites is 1. The van der Waals surface area contributed by atoms with Crippen LogP contribution in [0.4, 0.5) is 0 Å². The minimum Gasteiger partial charge on any atom is -0.383 e. The smallest absolute Gasteiger partial charge is 0.191 e. The van der Waals surface area contributed by atoms with Crippen molar-refractivity contribution < 1.29 is 4.74 Å². The summed E-state index contributed by atoms with van der Waals surface area (Å²) in [5.41, 5.74) is 4.46. The molecule has 7 heteroatoms. The number of benzene rings is 1. The predicted molar refractivity (Wildman–Crippen MR) is 118 cm³/mol. The number of methoxy groups -OCH3 is 1. The van der Waals surface area contributed by atoms with Gasteiger partial charge >= 0.3 is 0 Å². The van der Waals surface area contributed by atoms with Gasteiger partial charge in [0.05, 0.1) is 18.0 Å². The quantitative estimate of drug-likeness (QED) is 0.553. The molecular formula is C22H34N6O. The number of hydrogen-bond donors (Lipinski definition) is 2. The lowest BCUT2D eigenvalue weighted by molar-refractivity contribution is 0.128. The Labute approximate surface area is 174 Å². The molecule has 0 radical (unpaired) electrons. The third-order valence-electron chi connectivity index (χ3n) is 5.44. The number of ether oxygens (including phenoxy) is 1. The number of piperidine rings is 1. The summed E-state index contributed by atoms with van der Waals surface area (Å²) in [5, 5.41) is 11.7. The fourth-order valence-electron chi connectivity index (χ4n) is 3.83. The average molecular weight is 399 g/mol. The Kier molecular flexibility index (Phi) is 7.66. The molecule has 1 aliphatic heterocycles. The molecule has 2 aromatic rings. The number of nitrogens with zero attached hydrogens (tertiary/aromatic N) is 4. The summed E-state index contributed by atoms with van der Waals surface area (Å²) in [6.45, 7) is 8.81. The monoisotopic (exact) mass is 398 g/mol. The van der Waals surface area contributed by atoms with Gasteiger partial charge in [-0.25, -0.2) is 4.68 Å². The minimum atomic E-state index is 0.450. The lowest BCUT2D eigenvalue weighted by atomic mass is 10.1. The van der Waals surface area contributed by atoms with Gasteiger partial charge in [-0.15, -0.1) is 0 Å². The van der Waals surface area contributed by atoms with E-state index in [2.05, 4.69) is 62.9 Å². The van der Waals surface area contributed by atoms with Gasteiger partial charge in [0.2, 0.25) is 0 Å². The Morgan fingerprint density at radius 2 is 2.00 bits per heavy atom. The molecule has 1 aromatic heterocycles. The maximum Gasteiger partial charge on any atom is 0.191 e. The van der Waals surface area contributed by atoms with E-state index in [-0.39, 0.29) is 0 Å². The van der Waals surface area contributed by atoms with E-state index in [1.807, 2.05) is 18.7 Å². The lowest BCUT2D eigenvalue weighted by Crippen LogP contribution is -2.48. The zero-order valence-corrected chi connectivity index (χ0v) is 18.1. The number of hydrogen-bond acceptors (Lipinski definition) is 4. The Hall–Kier alpha value is -2.38. The molecule has 3 rings (SSSR count). The molecule has 0 atom stereocenters. The van der Waals surface area contributed by atoms with Crippen LogP contribution in [0.3, 0.4) is 0 Å². The van der Waals surface area contributed by atoms with E-state index in [1.165, 1.54) is 5.56 Å². The van der Waals surface area contributed by atoms with Crippen molar-refractivity contribution in [2.24, 2.45) is 4.99 Å². The van der Waals surface area contributed by atoms with Crippen LogP contribution in [0, 0.1) is 13.8 Å². The van der Waals surface area contributed by atoms with Crippen molar-refractivity contribution in [1.29, 1.82) is 0 Å². The fraction of sp³-hybridized carbons (Fsp3) is 0.545. The Bertz CT molecular complexity index is 807. The summed E-state index contributed by atoms with van der Waals surface area (Å²) in [6, 6.07) is 10.9. The summed E-state index contributed by atoms with van der Waals surface area (Å²) in [6.07, 6.45) is 2.24. The van der Waals surface area contributed by atoms with Crippen LogP contribution in [0.5, 0.6) is 0 Å². The second kappa shape index (κ2) is 10.4. The van der Waals surface area contributed by atoms with Crippen LogP contribution in [0.15, 0.2) is 35.3 Å². The number of guanidine groups is 1. The Morgan fingerprint density at radius 3 is 2.66 bits per heavy atom. The summed E-state index contributed by atoms with van der Waals surface area (Å²) in [4.78, 5) is 6.89. The summed E-state index contributed by atoms with van der Waals surface area (Å²) in [5.74, 6) is 0.850. The molecule has 0 amide bonds. The van der Waals surface area contributed by atoms with E-state index in [9.17, 15) is 0 Å². The van der Waals surface area contributed by atoms with Gasteiger partial charge in [-0.2, -0.15) is 5.10 Å². The highest BCUT2D eigenvalue weighted by molar-refractivity contribution is 5.80. The molecule has 1 fully saturated rings. The van der Waals surface area contributed by atoms with E-state index in [0.29, 0.717) is 12.6 Å². The predicted octanol–water partition coefficient (Wildman–Crippen LogP) is 2.26. The second-order valence-electron chi connectivity index (χ2n) is 7.65. The topological polar surface area (TPSA) is 66.7 Å². The molecule has 1 aromatic carbocycles. The van der Waals surface area contributed by atoms with Crippen LogP contribution in [-0.2, 0) is 11.3 Å². The van der Waals surface area contributed by atoms with E-state index in [1.54, 1.807) is 7.11 Å². The van der Waals surface area contributed by atoms with E-state index < -0.39 is 0 Å². The minimum absolute atomic E-state index is 0.450. The molecule has 29 heavy (non-hydrogen) atoms. The number of nitrogens with one attached hydrogen (secondary N) is 2. The molecule has 2 N–H and O–H groups in total. The van der Waals surface area contributed by atoms with Gasteiger partial charge in [-0.1, -0.05) is 18.2 Å². The largest absolute Gasteiger partial charge is 0.383 e. The van der Waals surface area contributed by atoms with Gasteiger partial charge in [0.15, 0.2) is 5.96 Å². The molecule has 1 aliphatic rings. The van der Waals surface area contributed by atoms with Gasteiger partial charge in [-0.3, -0.25) is 4.99 Å². The normalized spacial score (nSPS) is 16.2. The molecule has 0 aliphatic carbocycles. The zero-order chi connectivity index (χ0) is 20.6. The van der Waals surface area contributed by atoms with Crippen LogP contribution in [0.2, 0.25) is 0 Å². The Balaban J connectivity index is 1.56. The molecule has 0 spiro atoms. The third-order valence-corrected chi connectivity index (χ3v) is 5.44. The number of likely N-dealkylation sites (tertiary alicyclic amines) is 1. The van der Waals surface area contributed by atoms with Gasteiger partial charge in [0.1, 0.15) is 0 Å². The van der Waals surface area contributed by atoms with Gasteiger partial charge in [0.25, 0.3) is 0 Å². The van der Waals surface area contributed by atoms with Crippen LogP contribution in [-0.4, -0.2) is 67.1 Å². The first-order valence-electron chi connectivity index (χ1n) is 10.4. The third kappa shape index (κ3) is 5.81. The fourth-order valence-corrected chi connectivity index (χ4v) is 3.83. The van der Waals surface area contributed by atoms with Crippen molar-refractivity contribution >= 4 is 5.96 Å². The highest BCUT2D eigenvalue weighted by Crippen LogP contribution is 2.17. The molecule has 0 unspecified atom stereocenters. The van der Waals surface area contributed by atoms with Crippen molar-refractivity contribution in [3.05, 3.63) is 47.3 Å². The molecule has 2 heterocycles. The highest BCUT2D eigenvalue weighted by atomic mass is 16.5. The number of aryl methyl sites for hydroxylation is 2. The van der Waals surface area contributed by atoms with E-state index in [4.69, 9.17) is 4.74 Å². The Morgan fingerprint density at radius 1 is 1.24 bits per heavy atom. The van der Waals surface area contributed by atoms with Crippen molar-refractivity contribution in [3.63, 3.8) is 0 Å². The number of aromatic nitrogens is 2. The number of rotatable bonds is 7. The van der Waals surface area contributed by atoms with Gasteiger partial charge < -0.3 is 20.3 Å². The van der Waals surface area contributed by atoms with Crippen LogP contribution in [0.1, 0.15) is 29.8 Å². The molecule has 0 bridgehead atoms. The van der Waals surface area contributed by atoms with Gasteiger partial charge in [-0.05, 0) is 44.4 Å². The van der Waals surface area contributed by atoms with Crippen LogP contribution >= 0.6 is 0 Å².